The van der Waals surface area contributed by atoms with Crippen LogP contribution in [0.25, 0.3) is 0 Å². The van der Waals surface area contributed by atoms with Crippen molar-refractivity contribution in [1.29, 1.82) is 0 Å². The summed E-state index contributed by atoms with van der Waals surface area (Å²) in [4.78, 5) is 14.6. The van der Waals surface area contributed by atoms with E-state index < -0.39 is 0 Å². The third-order valence-electron chi connectivity index (χ3n) is 4.27. The molecule has 0 bridgehead atoms. The Morgan fingerprint density at radius 1 is 1.00 bits per heavy atom. The highest BCUT2D eigenvalue weighted by Crippen LogP contribution is 2.46. The minimum atomic E-state index is -0.157. The van der Waals surface area contributed by atoms with Crippen molar-refractivity contribution in [3.8, 4) is 0 Å². The summed E-state index contributed by atoms with van der Waals surface area (Å²) >= 11 is 0. The van der Waals surface area contributed by atoms with Gasteiger partial charge in [-0.15, -0.1) is 0 Å². The van der Waals surface area contributed by atoms with Crippen LogP contribution in [0.3, 0.4) is 0 Å². The molecular formula is C19H19NO. The van der Waals surface area contributed by atoms with Crippen LogP contribution >= 0.6 is 0 Å². The molecule has 2 heteroatoms. The summed E-state index contributed by atoms with van der Waals surface area (Å²) in [7, 11) is 2.03. The third-order valence-corrected chi connectivity index (χ3v) is 4.27. The summed E-state index contributed by atoms with van der Waals surface area (Å²) in [6.45, 7) is 4.33. The van der Waals surface area contributed by atoms with Gasteiger partial charge in [0.05, 0.1) is 0 Å². The Labute approximate surface area is 125 Å². The number of carbonyl (C=O) groups excluding carboxylic acids is 1. The van der Waals surface area contributed by atoms with E-state index in [0.717, 1.165) is 11.3 Å². The lowest BCUT2D eigenvalue weighted by atomic mass is 9.83. The molecule has 0 saturated heterocycles. The van der Waals surface area contributed by atoms with E-state index in [9.17, 15) is 4.79 Å². The Bertz CT molecular complexity index is 713. The number of para-hydroxylation sites is 1. The molecule has 0 aliphatic carbocycles. The molecule has 0 spiro atoms. The molecule has 1 aliphatic heterocycles. The Morgan fingerprint density at radius 2 is 1.62 bits per heavy atom. The Hall–Kier alpha value is -2.35. The summed E-state index contributed by atoms with van der Waals surface area (Å²) < 4.78 is 0. The molecule has 0 aromatic heterocycles. The number of hydrogen-bond acceptors (Lipinski definition) is 2. The quantitative estimate of drug-likeness (QED) is 0.606. The fraction of sp³-hybridized carbons (Fsp3) is 0.211. The number of rotatable bonds is 2. The maximum absolute atomic E-state index is 12.5. The zero-order chi connectivity index (χ0) is 15.0. The number of ketones is 1. The average molecular weight is 277 g/mol. The number of nitrogens with zero attached hydrogens (tertiary/aromatic N) is 1. The number of anilines is 1. The fourth-order valence-corrected chi connectivity index (χ4v) is 3.07. The molecule has 0 amide bonds. The van der Waals surface area contributed by atoms with E-state index in [4.69, 9.17) is 0 Å². The number of likely N-dealkylation sites (N-methyl/N-ethyl adjacent to an activating group) is 1. The monoisotopic (exact) mass is 277 g/mol. The van der Waals surface area contributed by atoms with Crippen LogP contribution in [-0.4, -0.2) is 12.8 Å². The van der Waals surface area contributed by atoms with Gasteiger partial charge in [0.25, 0.3) is 0 Å². The van der Waals surface area contributed by atoms with Gasteiger partial charge in [0.15, 0.2) is 5.78 Å². The van der Waals surface area contributed by atoms with Crippen LogP contribution in [0.5, 0.6) is 0 Å². The van der Waals surface area contributed by atoms with Crippen LogP contribution < -0.4 is 4.90 Å². The van der Waals surface area contributed by atoms with Crippen LogP contribution in [-0.2, 0) is 5.41 Å². The largest absolute Gasteiger partial charge is 0.347 e. The second-order valence-corrected chi connectivity index (χ2v) is 5.96. The second kappa shape index (κ2) is 4.88. The molecule has 0 radical (unpaired) electrons. The second-order valence-electron chi connectivity index (χ2n) is 5.96. The van der Waals surface area contributed by atoms with Crippen LogP contribution in [0.2, 0.25) is 0 Å². The van der Waals surface area contributed by atoms with Gasteiger partial charge in [0.2, 0.25) is 0 Å². The van der Waals surface area contributed by atoms with E-state index in [2.05, 4.69) is 36.9 Å². The Balaban J connectivity index is 2.04. The van der Waals surface area contributed by atoms with E-state index in [1.807, 2.05) is 43.4 Å². The number of fused-ring (bicyclic) bond motifs is 1. The number of benzene rings is 2. The fourth-order valence-electron chi connectivity index (χ4n) is 3.07. The lowest BCUT2D eigenvalue weighted by molar-refractivity contribution is 0.104. The van der Waals surface area contributed by atoms with Gasteiger partial charge >= 0.3 is 0 Å². The maximum Gasteiger partial charge on any atom is 0.187 e. The molecule has 0 N–H and O–H groups in total. The molecule has 2 aromatic carbocycles. The third kappa shape index (κ3) is 2.17. The van der Waals surface area contributed by atoms with Crippen LogP contribution in [0.1, 0.15) is 29.8 Å². The van der Waals surface area contributed by atoms with Crippen LogP contribution in [0.15, 0.2) is 66.4 Å². The van der Waals surface area contributed by atoms with Crippen LogP contribution in [0, 0.1) is 0 Å². The normalized spacial score (nSPS) is 17.9. The summed E-state index contributed by atoms with van der Waals surface area (Å²) in [5.74, 6) is 0.0540. The zero-order valence-corrected chi connectivity index (χ0v) is 12.6. The smallest absolute Gasteiger partial charge is 0.187 e. The standard InChI is InChI=1S/C19H19NO/c1-19(2)15-11-7-8-12-16(15)20(3)18(19)13-17(21)14-9-5-4-6-10-14/h4-13H,1-3H3/b18-13+. The molecule has 1 aliphatic rings. The van der Waals surface area contributed by atoms with Gasteiger partial charge in [-0.3, -0.25) is 4.79 Å². The molecule has 0 unspecified atom stereocenters. The Kier molecular flexibility index (Phi) is 3.17. The van der Waals surface area contributed by atoms with Crippen molar-refractivity contribution in [3.05, 3.63) is 77.5 Å². The first-order chi connectivity index (χ1) is 10.0. The first-order valence-corrected chi connectivity index (χ1v) is 7.16. The van der Waals surface area contributed by atoms with E-state index in [1.165, 1.54) is 11.3 Å². The lowest BCUT2D eigenvalue weighted by Crippen LogP contribution is -2.24. The molecule has 0 atom stereocenters. The average Bonchev–Trinajstić information content (AvgIpc) is 2.70. The van der Waals surface area contributed by atoms with Crippen molar-refractivity contribution in [2.75, 3.05) is 11.9 Å². The molecule has 21 heavy (non-hydrogen) atoms. The topological polar surface area (TPSA) is 20.3 Å². The van der Waals surface area contributed by atoms with Gasteiger partial charge in [0.1, 0.15) is 0 Å². The molecule has 0 saturated carbocycles. The predicted octanol–water partition coefficient (Wildman–Crippen LogP) is 4.18. The number of hydrogen-bond donors (Lipinski definition) is 0. The summed E-state index contributed by atoms with van der Waals surface area (Å²) in [5, 5.41) is 0. The predicted molar refractivity (Wildman–Crippen MR) is 86.7 cm³/mol. The maximum atomic E-state index is 12.5. The number of carbonyl (C=O) groups is 1. The molecule has 3 rings (SSSR count). The van der Waals surface area contributed by atoms with E-state index >= 15 is 0 Å². The first kappa shape index (κ1) is 13.6. The zero-order valence-electron chi connectivity index (χ0n) is 12.6. The highest BCUT2D eigenvalue weighted by molar-refractivity contribution is 6.05. The molecular weight excluding hydrogens is 258 g/mol. The van der Waals surface area contributed by atoms with Gasteiger partial charge in [-0.2, -0.15) is 0 Å². The molecule has 0 fully saturated rings. The van der Waals surface area contributed by atoms with Gasteiger partial charge in [-0.05, 0) is 11.6 Å². The number of allylic oxidation sites excluding steroid dienone is 2. The SMILES string of the molecule is CN1/C(=C/C(=O)c2ccccc2)C(C)(C)c2ccccc21. The summed E-state index contributed by atoms with van der Waals surface area (Å²) in [6.07, 6.45) is 1.77. The van der Waals surface area contributed by atoms with E-state index in [-0.39, 0.29) is 11.2 Å². The van der Waals surface area contributed by atoms with E-state index in [0.29, 0.717) is 0 Å². The van der Waals surface area contributed by atoms with Gasteiger partial charge < -0.3 is 4.90 Å². The van der Waals surface area contributed by atoms with Crippen molar-refractivity contribution in [2.45, 2.75) is 19.3 Å². The van der Waals surface area contributed by atoms with Crippen molar-refractivity contribution >= 4 is 11.5 Å². The van der Waals surface area contributed by atoms with Gasteiger partial charge in [-0.25, -0.2) is 0 Å². The summed E-state index contributed by atoms with van der Waals surface area (Å²) in [6, 6.07) is 17.7. The first-order valence-electron chi connectivity index (χ1n) is 7.16. The molecule has 1 heterocycles. The van der Waals surface area contributed by atoms with Crippen molar-refractivity contribution < 1.29 is 4.79 Å². The highest BCUT2D eigenvalue weighted by atomic mass is 16.1. The molecule has 106 valence electrons. The van der Waals surface area contributed by atoms with Crippen molar-refractivity contribution in [1.82, 2.24) is 0 Å². The lowest BCUT2D eigenvalue weighted by Gasteiger charge is -2.23. The Morgan fingerprint density at radius 3 is 2.29 bits per heavy atom. The van der Waals surface area contributed by atoms with Gasteiger partial charge in [0, 0.05) is 35.5 Å². The van der Waals surface area contributed by atoms with Crippen molar-refractivity contribution in [3.63, 3.8) is 0 Å². The van der Waals surface area contributed by atoms with Gasteiger partial charge in [-0.1, -0.05) is 62.4 Å². The van der Waals surface area contributed by atoms with Crippen molar-refractivity contribution in [2.24, 2.45) is 0 Å². The van der Waals surface area contributed by atoms with Crippen LogP contribution in [0.4, 0.5) is 5.69 Å². The summed E-state index contributed by atoms with van der Waals surface area (Å²) in [5.41, 5.74) is 4.05. The highest BCUT2D eigenvalue weighted by Gasteiger charge is 2.38. The minimum absolute atomic E-state index is 0.0540. The molecule has 2 aromatic rings. The minimum Gasteiger partial charge on any atom is -0.347 e. The van der Waals surface area contributed by atoms with E-state index in [1.54, 1.807) is 6.08 Å². The molecule has 2 nitrogen and oxygen atoms in total.